The molecule has 0 amide bonds. The molecular weight excluding hydrogens is 352 g/mol. The summed E-state index contributed by atoms with van der Waals surface area (Å²) in [5.41, 5.74) is 3.47. The molecule has 2 aromatic carbocycles. The molecule has 2 N–H and O–H groups in total. The third-order valence-corrected chi connectivity index (χ3v) is 4.87. The predicted molar refractivity (Wildman–Crippen MR) is 111 cm³/mol. The van der Waals surface area contributed by atoms with Crippen LogP contribution in [0.4, 0.5) is 0 Å². The topological polar surface area (TPSA) is 59.4 Å². The van der Waals surface area contributed by atoms with Gasteiger partial charge in [0.2, 0.25) is 0 Å². The van der Waals surface area contributed by atoms with Crippen LogP contribution >= 0.6 is 0 Å². The number of H-pyrrole nitrogens is 1. The molecule has 0 unspecified atom stereocenters. The quantitative estimate of drug-likeness (QED) is 0.435. The van der Waals surface area contributed by atoms with Gasteiger partial charge in [-0.3, -0.25) is 0 Å². The van der Waals surface area contributed by atoms with E-state index in [2.05, 4.69) is 34.7 Å². The van der Waals surface area contributed by atoms with Gasteiger partial charge in [-0.05, 0) is 54.9 Å². The van der Waals surface area contributed by atoms with E-state index in [1.165, 1.54) is 16.5 Å². The highest BCUT2D eigenvalue weighted by Crippen LogP contribution is 2.33. The molecule has 0 fully saturated rings. The van der Waals surface area contributed by atoms with Crippen LogP contribution in [0.5, 0.6) is 11.5 Å². The van der Waals surface area contributed by atoms with Crippen molar-refractivity contribution >= 4 is 10.9 Å². The Labute approximate surface area is 164 Å². The number of para-hydroxylation sites is 1. The number of methoxy groups -OCH3 is 2. The van der Waals surface area contributed by atoms with Gasteiger partial charge in [0.05, 0.1) is 20.8 Å². The highest BCUT2D eigenvalue weighted by molar-refractivity contribution is 5.83. The number of nitrogens with one attached hydrogen (secondary N) is 2. The Morgan fingerprint density at radius 3 is 2.68 bits per heavy atom. The van der Waals surface area contributed by atoms with Crippen LogP contribution in [0, 0.1) is 0 Å². The number of furan rings is 1. The monoisotopic (exact) mass is 376 g/mol. The van der Waals surface area contributed by atoms with Crippen molar-refractivity contribution < 1.29 is 13.9 Å². The lowest BCUT2D eigenvalue weighted by atomic mass is 10.1. The minimum Gasteiger partial charge on any atom is -0.493 e. The first-order valence-corrected chi connectivity index (χ1v) is 9.35. The summed E-state index contributed by atoms with van der Waals surface area (Å²) < 4.78 is 16.6. The smallest absolute Gasteiger partial charge is 0.161 e. The Balaban J connectivity index is 1.35. The molecule has 0 atom stereocenters. The van der Waals surface area contributed by atoms with E-state index in [0.29, 0.717) is 18.0 Å². The van der Waals surface area contributed by atoms with Crippen molar-refractivity contribution in [1.82, 2.24) is 10.3 Å². The summed E-state index contributed by atoms with van der Waals surface area (Å²) in [4.78, 5) is 3.32. The number of hydrogen-bond donors (Lipinski definition) is 2. The van der Waals surface area contributed by atoms with E-state index in [9.17, 15) is 0 Å². The van der Waals surface area contributed by atoms with E-state index >= 15 is 0 Å². The summed E-state index contributed by atoms with van der Waals surface area (Å²) in [6.07, 6.45) is 3.06. The molecule has 0 saturated carbocycles. The number of ether oxygens (including phenoxy) is 2. The molecule has 0 bridgehead atoms. The lowest BCUT2D eigenvalue weighted by molar-refractivity contribution is 0.355. The molecule has 28 heavy (non-hydrogen) atoms. The van der Waals surface area contributed by atoms with E-state index in [0.717, 1.165) is 30.0 Å². The van der Waals surface area contributed by atoms with Crippen molar-refractivity contribution in [2.45, 2.75) is 13.0 Å². The second-order valence-corrected chi connectivity index (χ2v) is 6.62. The average Bonchev–Trinajstić information content (AvgIpc) is 3.38. The normalized spacial score (nSPS) is 11.1. The Hall–Kier alpha value is -3.18. The lowest BCUT2D eigenvalue weighted by Gasteiger charge is -2.08. The Bertz CT molecular complexity index is 1060. The second-order valence-electron chi connectivity index (χ2n) is 6.62. The highest BCUT2D eigenvalue weighted by Gasteiger charge is 2.10. The molecule has 2 aromatic heterocycles. The number of aromatic amines is 1. The summed E-state index contributed by atoms with van der Waals surface area (Å²) in [5, 5.41) is 4.75. The zero-order chi connectivity index (χ0) is 19.3. The van der Waals surface area contributed by atoms with Crippen molar-refractivity contribution in [2.75, 3.05) is 20.8 Å². The van der Waals surface area contributed by atoms with Crippen LogP contribution in [0.2, 0.25) is 0 Å². The van der Waals surface area contributed by atoms with Crippen molar-refractivity contribution in [2.24, 2.45) is 0 Å². The van der Waals surface area contributed by atoms with Crippen LogP contribution in [0.15, 0.2) is 65.2 Å². The van der Waals surface area contributed by atoms with Gasteiger partial charge in [-0.25, -0.2) is 0 Å². The van der Waals surface area contributed by atoms with Crippen molar-refractivity contribution in [3.05, 3.63) is 72.1 Å². The lowest BCUT2D eigenvalue weighted by Crippen LogP contribution is -2.16. The van der Waals surface area contributed by atoms with Gasteiger partial charge in [-0.15, -0.1) is 0 Å². The molecule has 4 aromatic rings. The number of fused-ring (bicyclic) bond motifs is 1. The van der Waals surface area contributed by atoms with Crippen LogP contribution in [0.25, 0.3) is 22.2 Å². The van der Waals surface area contributed by atoms with Gasteiger partial charge in [0.15, 0.2) is 11.5 Å². The zero-order valence-corrected chi connectivity index (χ0v) is 16.1. The van der Waals surface area contributed by atoms with Crippen LogP contribution in [0.3, 0.4) is 0 Å². The van der Waals surface area contributed by atoms with E-state index in [1.807, 2.05) is 36.4 Å². The Morgan fingerprint density at radius 2 is 1.82 bits per heavy atom. The summed E-state index contributed by atoms with van der Waals surface area (Å²) in [7, 11) is 3.26. The van der Waals surface area contributed by atoms with Gasteiger partial charge < -0.3 is 24.2 Å². The molecule has 5 heteroatoms. The molecule has 0 aliphatic heterocycles. The molecule has 2 heterocycles. The van der Waals surface area contributed by atoms with E-state index in [1.54, 1.807) is 14.2 Å². The second kappa shape index (κ2) is 8.23. The van der Waals surface area contributed by atoms with Crippen LogP contribution in [0.1, 0.15) is 11.3 Å². The predicted octanol–water partition coefficient (Wildman–Crippen LogP) is 4.78. The summed E-state index contributed by atoms with van der Waals surface area (Å²) >= 11 is 0. The van der Waals surface area contributed by atoms with Gasteiger partial charge in [0, 0.05) is 22.7 Å². The number of rotatable bonds is 8. The van der Waals surface area contributed by atoms with E-state index < -0.39 is 0 Å². The molecule has 0 radical (unpaired) electrons. The Kier molecular flexibility index (Phi) is 5.35. The van der Waals surface area contributed by atoms with Crippen molar-refractivity contribution in [3.8, 4) is 22.8 Å². The van der Waals surface area contributed by atoms with E-state index in [-0.39, 0.29) is 0 Å². The molecule has 0 aliphatic rings. The summed E-state index contributed by atoms with van der Waals surface area (Å²) in [6.45, 7) is 1.57. The third kappa shape index (κ3) is 3.75. The average molecular weight is 376 g/mol. The Morgan fingerprint density at radius 1 is 0.964 bits per heavy atom. The molecule has 5 nitrogen and oxygen atoms in total. The number of aromatic nitrogens is 1. The first-order chi connectivity index (χ1) is 13.8. The molecule has 4 rings (SSSR count). The van der Waals surface area contributed by atoms with E-state index in [4.69, 9.17) is 13.9 Å². The third-order valence-electron chi connectivity index (χ3n) is 4.87. The van der Waals surface area contributed by atoms with Crippen LogP contribution < -0.4 is 14.8 Å². The highest BCUT2D eigenvalue weighted by atomic mass is 16.5. The van der Waals surface area contributed by atoms with Gasteiger partial charge in [0.1, 0.15) is 11.5 Å². The maximum Gasteiger partial charge on any atom is 0.161 e. The van der Waals surface area contributed by atoms with Gasteiger partial charge in [-0.1, -0.05) is 18.2 Å². The van der Waals surface area contributed by atoms with Crippen LogP contribution in [-0.2, 0) is 13.0 Å². The fourth-order valence-electron chi connectivity index (χ4n) is 3.39. The minimum absolute atomic E-state index is 0.690. The van der Waals surface area contributed by atoms with Crippen molar-refractivity contribution in [3.63, 3.8) is 0 Å². The standard InChI is InChI=1S/C23H24N2O3/c1-26-22-9-7-16(13-23(22)27-2)21-10-8-18(28-21)15-24-12-11-17-14-25-20-6-4-3-5-19(17)20/h3-10,13-14,24-25H,11-12,15H2,1-2H3. The fraction of sp³-hybridized carbons (Fsp3) is 0.217. The van der Waals surface area contributed by atoms with Crippen LogP contribution in [-0.4, -0.2) is 25.7 Å². The van der Waals surface area contributed by atoms with Gasteiger partial charge in [0.25, 0.3) is 0 Å². The van der Waals surface area contributed by atoms with Gasteiger partial charge in [-0.2, -0.15) is 0 Å². The summed E-state index contributed by atoms with van der Waals surface area (Å²) in [5.74, 6) is 3.12. The zero-order valence-electron chi connectivity index (χ0n) is 16.1. The minimum atomic E-state index is 0.690. The maximum atomic E-state index is 5.99. The van der Waals surface area contributed by atoms with Gasteiger partial charge >= 0.3 is 0 Å². The molecule has 144 valence electrons. The first kappa shape index (κ1) is 18.2. The maximum absolute atomic E-state index is 5.99. The van der Waals surface area contributed by atoms with Crippen molar-refractivity contribution in [1.29, 1.82) is 0 Å². The molecule has 0 saturated heterocycles. The molecular formula is C23H24N2O3. The fourth-order valence-corrected chi connectivity index (χ4v) is 3.39. The molecule has 0 aliphatic carbocycles. The number of hydrogen-bond acceptors (Lipinski definition) is 4. The largest absolute Gasteiger partial charge is 0.493 e. The summed E-state index contributed by atoms with van der Waals surface area (Å²) in [6, 6.07) is 18.1. The number of benzene rings is 2. The first-order valence-electron chi connectivity index (χ1n) is 9.35. The SMILES string of the molecule is COc1ccc(-c2ccc(CNCCc3c[nH]c4ccccc34)o2)cc1OC. The molecule has 0 spiro atoms.